The molecule has 5 atom stereocenters. The molecule has 13 nitrogen and oxygen atoms in total. The maximum Gasteiger partial charge on any atom is 0.459 e. The Kier molecular flexibility index (Phi) is 8.04. The average Bonchev–Trinajstić information content (AvgIpc) is 3.40. The Morgan fingerprint density at radius 3 is 2.62 bits per heavy atom. The molecule has 1 aliphatic rings. The van der Waals surface area contributed by atoms with E-state index in [1.54, 1.807) is 63.2 Å². The molecule has 4 rings (SSSR count). The van der Waals surface area contributed by atoms with E-state index in [9.17, 15) is 19.6 Å². The van der Waals surface area contributed by atoms with Crippen LogP contribution in [0.3, 0.4) is 0 Å². The fourth-order valence-electron chi connectivity index (χ4n) is 4.28. The summed E-state index contributed by atoms with van der Waals surface area (Å²) in [7, 11) is -4.27. The lowest BCUT2D eigenvalue weighted by Gasteiger charge is -2.30. The average molecular weight is 564 g/mol. The largest absolute Gasteiger partial charge is 0.462 e. The van der Waals surface area contributed by atoms with Crippen molar-refractivity contribution in [3.63, 3.8) is 0 Å². The van der Waals surface area contributed by atoms with Gasteiger partial charge in [0.2, 0.25) is 0 Å². The van der Waals surface area contributed by atoms with E-state index >= 15 is 0 Å². The van der Waals surface area contributed by atoms with Gasteiger partial charge in [0, 0.05) is 0 Å². The minimum atomic E-state index is -4.27. The summed E-state index contributed by atoms with van der Waals surface area (Å²) in [5, 5.41) is 28.7. The first-order valence-electron chi connectivity index (χ1n) is 12.4. The number of para-hydroxylation sites is 1. The highest BCUT2D eigenvalue weighted by molar-refractivity contribution is 7.52. The molecule has 0 spiro atoms. The van der Waals surface area contributed by atoms with Crippen LogP contribution in [0.5, 0.6) is 5.75 Å². The SMILES string of the molecule is CC(C)OC(=O)C(C)(C)NP(=O)(OCC1O[C@@](C)(c2ccc3c(N)ncnn23)[C@H](O)[C@@H]1O)Oc1ccccc1. The third-order valence-electron chi connectivity index (χ3n) is 6.30. The first-order chi connectivity index (χ1) is 18.3. The van der Waals surface area contributed by atoms with Crippen molar-refractivity contribution in [2.75, 3.05) is 12.3 Å². The zero-order chi connectivity index (χ0) is 28.6. The van der Waals surface area contributed by atoms with Crippen molar-refractivity contribution < 1.29 is 38.1 Å². The van der Waals surface area contributed by atoms with Crippen molar-refractivity contribution in [3.8, 4) is 5.75 Å². The zero-order valence-corrected chi connectivity index (χ0v) is 23.2. The number of aromatic nitrogens is 3. The second-order valence-corrected chi connectivity index (χ2v) is 11.9. The number of nitrogen functional groups attached to an aromatic ring is 1. The number of carbonyl (C=O) groups is 1. The summed E-state index contributed by atoms with van der Waals surface area (Å²) in [4.78, 5) is 16.6. The van der Waals surface area contributed by atoms with Gasteiger partial charge >= 0.3 is 13.7 Å². The quantitative estimate of drug-likeness (QED) is 0.209. The predicted molar refractivity (Wildman–Crippen MR) is 141 cm³/mol. The second-order valence-electron chi connectivity index (χ2n) is 10.2. The van der Waals surface area contributed by atoms with E-state index in [4.69, 9.17) is 24.3 Å². The van der Waals surface area contributed by atoms with Gasteiger partial charge in [0.25, 0.3) is 0 Å². The molecule has 212 valence electrons. The Balaban J connectivity index is 1.57. The van der Waals surface area contributed by atoms with E-state index in [1.807, 2.05) is 0 Å². The number of hydrogen-bond donors (Lipinski definition) is 4. The van der Waals surface area contributed by atoms with Crippen LogP contribution in [0.15, 0.2) is 48.8 Å². The van der Waals surface area contributed by atoms with Gasteiger partial charge in [-0.15, -0.1) is 0 Å². The Hall–Kier alpha value is -3.06. The molecule has 1 saturated heterocycles. The van der Waals surface area contributed by atoms with E-state index in [0.29, 0.717) is 11.2 Å². The molecule has 1 fully saturated rings. The van der Waals surface area contributed by atoms with E-state index in [1.165, 1.54) is 24.7 Å². The number of aliphatic hydroxyl groups is 2. The molecule has 0 amide bonds. The van der Waals surface area contributed by atoms with Gasteiger partial charge in [-0.25, -0.2) is 14.1 Å². The predicted octanol–water partition coefficient (Wildman–Crippen LogP) is 2.17. The number of nitrogens with zero attached hydrogens (tertiary/aromatic N) is 3. The zero-order valence-electron chi connectivity index (χ0n) is 22.3. The first kappa shape index (κ1) is 28.9. The lowest BCUT2D eigenvalue weighted by Crippen LogP contribution is -2.48. The Bertz CT molecular complexity index is 1370. The van der Waals surface area contributed by atoms with Crippen LogP contribution in [0.1, 0.15) is 40.3 Å². The van der Waals surface area contributed by atoms with Gasteiger partial charge in [-0.05, 0) is 58.9 Å². The minimum absolute atomic E-state index is 0.219. The highest BCUT2D eigenvalue weighted by atomic mass is 31.2. The normalized spacial score (nSPS) is 25.1. The molecule has 3 aromatic rings. The molecule has 1 aromatic carbocycles. The van der Waals surface area contributed by atoms with E-state index < -0.39 is 55.9 Å². The minimum Gasteiger partial charge on any atom is -0.462 e. The summed E-state index contributed by atoms with van der Waals surface area (Å²) in [5.74, 6) is -0.216. The van der Waals surface area contributed by atoms with Crippen molar-refractivity contribution >= 4 is 25.1 Å². The molecule has 14 heteroatoms. The van der Waals surface area contributed by atoms with Crippen molar-refractivity contribution in [2.45, 2.75) is 70.2 Å². The number of rotatable bonds is 10. The molecule has 2 unspecified atom stereocenters. The number of carbonyl (C=O) groups excluding carboxylic acids is 1. The second kappa shape index (κ2) is 10.8. The molecule has 3 heterocycles. The summed E-state index contributed by atoms with van der Waals surface area (Å²) in [6, 6.07) is 11.6. The van der Waals surface area contributed by atoms with Crippen LogP contribution in [-0.4, -0.2) is 67.3 Å². The van der Waals surface area contributed by atoms with Crippen molar-refractivity contribution in [1.82, 2.24) is 19.7 Å². The highest BCUT2D eigenvalue weighted by Crippen LogP contribution is 2.48. The van der Waals surface area contributed by atoms with Gasteiger partial charge in [0.1, 0.15) is 47.0 Å². The number of anilines is 1. The molecule has 0 bridgehead atoms. The van der Waals surface area contributed by atoms with Gasteiger partial charge in [-0.3, -0.25) is 9.32 Å². The monoisotopic (exact) mass is 563 g/mol. The lowest BCUT2D eigenvalue weighted by atomic mass is 9.93. The van der Waals surface area contributed by atoms with E-state index in [0.717, 1.165) is 0 Å². The van der Waals surface area contributed by atoms with Crippen molar-refractivity contribution in [1.29, 1.82) is 0 Å². The molecule has 0 radical (unpaired) electrons. The summed E-state index contributed by atoms with van der Waals surface area (Å²) in [5.41, 5.74) is 3.94. The number of hydrogen-bond acceptors (Lipinski definition) is 11. The molecular weight excluding hydrogens is 529 g/mol. The molecule has 0 saturated carbocycles. The highest BCUT2D eigenvalue weighted by Gasteiger charge is 2.54. The number of fused-ring (bicyclic) bond motifs is 1. The topological polar surface area (TPSA) is 180 Å². The summed E-state index contributed by atoms with van der Waals surface area (Å²) >= 11 is 0. The van der Waals surface area contributed by atoms with Crippen LogP contribution >= 0.6 is 7.75 Å². The lowest BCUT2D eigenvalue weighted by molar-refractivity contribution is -0.153. The van der Waals surface area contributed by atoms with Crippen molar-refractivity contribution in [2.24, 2.45) is 0 Å². The smallest absolute Gasteiger partial charge is 0.459 e. The molecule has 2 aromatic heterocycles. The van der Waals surface area contributed by atoms with Gasteiger partial charge in [-0.1, -0.05) is 18.2 Å². The number of nitrogens with two attached hydrogens (primary N) is 1. The number of ether oxygens (including phenoxy) is 2. The van der Waals surface area contributed by atoms with Crippen LogP contribution in [0.4, 0.5) is 5.82 Å². The van der Waals surface area contributed by atoms with Crippen LogP contribution in [0.25, 0.3) is 5.52 Å². The number of nitrogens with one attached hydrogen (secondary N) is 1. The first-order valence-corrected chi connectivity index (χ1v) is 13.9. The Morgan fingerprint density at radius 2 is 1.95 bits per heavy atom. The fraction of sp³-hybridized carbons (Fsp3) is 0.480. The number of benzene rings is 1. The molecule has 5 N–H and O–H groups in total. The number of esters is 1. The van der Waals surface area contributed by atoms with Crippen molar-refractivity contribution in [3.05, 3.63) is 54.5 Å². The van der Waals surface area contributed by atoms with Gasteiger partial charge in [0.15, 0.2) is 5.82 Å². The van der Waals surface area contributed by atoms with Gasteiger partial charge < -0.3 is 29.9 Å². The Labute approximate surface area is 225 Å². The van der Waals surface area contributed by atoms with E-state index in [2.05, 4.69) is 15.2 Å². The van der Waals surface area contributed by atoms with Gasteiger partial charge in [-0.2, -0.15) is 10.2 Å². The summed E-state index contributed by atoms with van der Waals surface area (Å²) < 4.78 is 38.2. The van der Waals surface area contributed by atoms with Gasteiger partial charge in [0.05, 0.1) is 18.4 Å². The van der Waals surface area contributed by atoms with Crippen LogP contribution in [0, 0.1) is 0 Å². The van der Waals surface area contributed by atoms with E-state index in [-0.39, 0.29) is 11.6 Å². The maximum absolute atomic E-state index is 13.9. The molecule has 1 aliphatic heterocycles. The molecule has 0 aliphatic carbocycles. The maximum atomic E-state index is 13.9. The van der Waals surface area contributed by atoms with Crippen LogP contribution < -0.4 is 15.3 Å². The third kappa shape index (κ3) is 5.93. The number of aliphatic hydroxyl groups excluding tert-OH is 2. The standard InChI is InChI=1S/C25H34N5O8P/c1-15(2)36-23(33)24(3,4)29-39(34,38-16-9-7-6-8-10-16)35-13-18-20(31)21(32)25(5,37-18)19-12-11-17-22(26)27-14-28-30(17)19/h6-12,14-15,18,20-21,31-32H,13H2,1-5H3,(H,29,34)(H2,26,27,28)/t18?,20-,21-,25+,39?/m1/s1. The fourth-order valence-corrected chi connectivity index (χ4v) is 5.96. The summed E-state index contributed by atoms with van der Waals surface area (Å²) in [6.45, 7) is 7.48. The third-order valence-corrected chi connectivity index (χ3v) is 8.08. The molecular formula is C25H34N5O8P. The Morgan fingerprint density at radius 1 is 1.26 bits per heavy atom. The van der Waals surface area contributed by atoms with Crippen LogP contribution in [-0.2, 0) is 29.0 Å². The summed E-state index contributed by atoms with van der Waals surface area (Å²) in [6.07, 6.45) is -3.09. The van der Waals surface area contributed by atoms with Crippen LogP contribution in [0.2, 0.25) is 0 Å². The molecule has 39 heavy (non-hydrogen) atoms.